The van der Waals surface area contributed by atoms with Gasteiger partial charge in [-0.3, -0.25) is 0 Å². The van der Waals surface area contributed by atoms with E-state index in [0.29, 0.717) is 13.2 Å². The molecule has 0 saturated heterocycles. The van der Waals surface area contributed by atoms with E-state index in [1.165, 1.54) is 0 Å². The third-order valence-corrected chi connectivity index (χ3v) is 3.61. The molecule has 4 heteroatoms. The first-order chi connectivity index (χ1) is 11.2. The van der Waals surface area contributed by atoms with Gasteiger partial charge in [-0.2, -0.15) is 0 Å². The van der Waals surface area contributed by atoms with E-state index < -0.39 is 18.3 Å². The first-order valence-corrected chi connectivity index (χ1v) is 7.80. The number of benzene rings is 2. The van der Waals surface area contributed by atoms with E-state index in [1.807, 2.05) is 60.7 Å². The predicted molar refractivity (Wildman–Crippen MR) is 88.8 cm³/mol. The normalized spacial score (nSPS) is 15.1. The molecule has 0 aromatic heterocycles. The second-order valence-corrected chi connectivity index (χ2v) is 5.52. The van der Waals surface area contributed by atoms with Gasteiger partial charge in [0.2, 0.25) is 0 Å². The molecule has 0 spiro atoms. The molecule has 3 atom stereocenters. The molecule has 124 valence electrons. The van der Waals surface area contributed by atoms with Gasteiger partial charge in [-0.15, -0.1) is 0 Å². The molecule has 3 unspecified atom stereocenters. The van der Waals surface area contributed by atoms with E-state index in [-0.39, 0.29) is 6.61 Å². The van der Waals surface area contributed by atoms with Crippen LogP contribution >= 0.6 is 0 Å². The van der Waals surface area contributed by atoms with Crippen LogP contribution in [0.25, 0.3) is 0 Å². The largest absolute Gasteiger partial charge is 0.394 e. The standard InChI is InChI=1S/C19H24O4/c1-15(21)19(23-14-17-10-6-3-7-11-17)18(12-20)22-13-16-8-4-2-5-9-16/h2-11,15,18-21H,12-14H2,1H3. The molecule has 2 rings (SSSR count). The van der Waals surface area contributed by atoms with Crippen molar-refractivity contribution in [2.45, 2.75) is 38.4 Å². The summed E-state index contributed by atoms with van der Waals surface area (Å²) in [6.45, 7) is 2.16. The van der Waals surface area contributed by atoms with Crippen molar-refractivity contribution in [2.24, 2.45) is 0 Å². The Balaban J connectivity index is 1.93. The Bertz CT molecular complexity index is 542. The minimum Gasteiger partial charge on any atom is -0.394 e. The smallest absolute Gasteiger partial charge is 0.112 e. The summed E-state index contributed by atoms with van der Waals surface area (Å²) in [6, 6.07) is 19.4. The molecule has 0 aliphatic carbocycles. The summed E-state index contributed by atoms with van der Waals surface area (Å²) in [4.78, 5) is 0. The second-order valence-electron chi connectivity index (χ2n) is 5.52. The molecule has 0 amide bonds. The molecule has 4 nitrogen and oxygen atoms in total. The van der Waals surface area contributed by atoms with E-state index in [1.54, 1.807) is 6.92 Å². The van der Waals surface area contributed by atoms with Gasteiger partial charge < -0.3 is 19.7 Å². The van der Waals surface area contributed by atoms with Gasteiger partial charge in [-0.05, 0) is 18.1 Å². The molecule has 0 heterocycles. The second kappa shape index (κ2) is 9.43. The monoisotopic (exact) mass is 316 g/mol. The SMILES string of the molecule is CC(O)C(OCc1ccccc1)C(CO)OCc1ccccc1. The molecule has 0 saturated carbocycles. The first-order valence-electron chi connectivity index (χ1n) is 7.80. The van der Waals surface area contributed by atoms with Crippen LogP contribution in [-0.2, 0) is 22.7 Å². The molecule has 0 fully saturated rings. The Morgan fingerprint density at radius 2 is 1.30 bits per heavy atom. The van der Waals surface area contributed by atoms with Gasteiger partial charge in [0, 0.05) is 0 Å². The van der Waals surface area contributed by atoms with Crippen LogP contribution in [0, 0.1) is 0 Å². The van der Waals surface area contributed by atoms with Crippen molar-refractivity contribution in [3.8, 4) is 0 Å². The Morgan fingerprint density at radius 1 is 0.826 bits per heavy atom. The fourth-order valence-corrected chi connectivity index (χ4v) is 2.35. The highest BCUT2D eigenvalue weighted by atomic mass is 16.6. The highest BCUT2D eigenvalue weighted by Crippen LogP contribution is 2.14. The van der Waals surface area contributed by atoms with Gasteiger partial charge in [0.15, 0.2) is 0 Å². The summed E-state index contributed by atoms with van der Waals surface area (Å²) in [5, 5.41) is 19.6. The Kier molecular flexibility index (Phi) is 7.23. The molecule has 2 aromatic rings. The third kappa shape index (κ3) is 5.77. The molecule has 0 bridgehead atoms. The van der Waals surface area contributed by atoms with Crippen LogP contribution < -0.4 is 0 Å². The van der Waals surface area contributed by atoms with Crippen molar-refractivity contribution in [2.75, 3.05) is 6.61 Å². The van der Waals surface area contributed by atoms with Crippen LogP contribution in [0.3, 0.4) is 0 Å². The van der Waals surface area contributed by atoms with Crippen molar-refractivity contribution >= 4 is 0 Å². The van der Waals surface area contributed by atoms with Gasteiger partial charge in [0.05, 0.1) is 25.9 Å². The molecule has 2 aromatic carbocycles. The summed E-state index contributed by atoms with van der Waals surface area (Å²) in [6.07, 6.45) is -1.92. The van der Waals surface area contributed by atoms with Gasteiger partial charge in [0.25, 0.3) is 0 Å². The van der Waals surface area contributed by atoms with Crippen LogP contribution in [-0.4, -0.2) is 35.1 Å². The zero-order chi connectivity index (χ0) is 16.5. The lowest BCUT2D eigenvalue weighted by atomic mass is 10.1. The lowest BCUT2D eigenvalue weighted by Gasteiger charge is -2.28. The number of aliphatic hydroxyl groups is 2. The summed E-state index contributed by atoms with van der Waals surface area (Å²) in [5.41, 5.74) is 2.02. The quantitative estimate of drug-likeness (QED) is 0.746. The Morgan fingerprint density at radius 3 is 1.74 bits per heavy atom. The highest BCUT2D eigenvalue weighted by molar-refractivity contribution is 5.14. The minimum atomic E-state index is -0.744. The Hall–Kier alpha value is -1.72. The van der Waals surface area contributed by atoms with Crippen LogP contribution in [0.1, 0.15) is 18.1 Å². The summed E-state index contributed by atoms with van der Waals surface area (Å²) < 4.78 is 11.6. The lowest BCUT2D eigenvalue weighted by molar-refractivity contribution is -0.140. The maximum atomic E-state index is 9.97. The maximum Gasteiger partial charge on any atom is 0.112 e. The number of hydrogen-bond donors (Lipinski definition) is 2. The van der Waals surface area contributed by atoms with Crippen LogP contribution in [0.5, 0.6) is 0 Å². The molecular weight excluding hydrogens is 292 g/mol. The van der Waals surface area contributed by atoms with Crippen LogP contribution in [0.15, 0.2) is 60.7 Å². The zero-order valence-corrected chi connectivity index (χ0v) is 13.3. The van der Waals surface area contributed by atoms with Crippen molar-refractivity contribution in [1.82, 2.24) is 0 Å². The predicted octanol–water partition coefficient (Wildman–Crippen LogP) is 2.53. The molecule has 0 aliphatic rings. The van der Waals surface area contributed by atoms with Crippen molar-refractivity contribution < 1.29 is 19.7 Å². The summed E-state index contributed by atoms with van der Waals surface area (Å²) in [7, 11) is 0. The Labute approximate surface area is 137 Å². The summed E-state index contributed by atoms with van der Waals surface area (Å²) in [5.74, 6) is 0. The molecular formula is C19H24O4. The molecule has 2 N–H and O–H groups in total. The molecule has 0 radical (unpaired) electrons. The first kappa shape index (κ1) is 17.6. The number of hydrogen-bond acceptors (Lipinski definition) is 4. The van der Waals surface area contributed by atoms with E-state index in [9.17, 15) is 10.2 Å². The van der Waals surface area contributed by atoms with E-state index in [4.69, 9.17) is 9.47 Å². The highest BCUT2D eigenvalue weighted by Gasteiger charge is 2.27. The van der Waals surface area contributed by atoms with E-state index in [2.05, 4.69) is 0 Å². The summed E-state index contributed by atoms with van der Waals surface area (Å²) >= 11 is 0. The van der Waals surface area contributed by atoms with Gasteiger partial charge in [-0.25, -0.2) is 0 Å². The van der Waals surface area contributed by atoms with Crippen LogP contribution in [0.4, 0.5) is 0 Å². The maximum absolute atomic E-state index is 9.97. The molecule has 0 aliphatic heterocycles. The average molecular weight is 316 g/mol. The zero-order valence-electron chi connectivity index (χ0n) is 13.3. The lowest BCUT2D eigenvalue weighted by Crippen LogP contribution is -2.42. The average Bonchev–Trinajstić information content (AvgIpc) is 2.59. The number of ether oxygens (including phenoxy) is 2. The third-order valence-electron chi connectivity index (χ3n) is 3.61. The topological polar surface area (TPSA) is 58.9 Å². The van der Waals surface area contributed by atoms with E-state index >= 15 is 0 Å². The van der Waals surface area contributed by atoms with E-state index in [0.717, 1.165) is 11.1 Å². The van der Waals surface area contributed by atoms with Gasteiger partial charge in [0.1, 0.15) is 12.2 Å². The van der Waals surface area contributed by atoms with Crippen molar-refractivity contribution in [1.29, 1.82) is 0 Å². The minimum absolute atomic E-state index is 0.211. The van der Waals surface area contributed by atoms with Crippen LogP contribution in [0.2, 0.25) is 0 Å². The van der Waals surface area contributed by atoms with Crippen molar-refractivity contribution in [3.63, 3.8) is 0 Å². The fourth-order valence-electron chi connectivity index (χ4n) is 2.35. The van der Waals surface area contributed by atoms with Crippen molar-refractivity contribution in [3.05, 3.63) is 71.8 Å². The fraction of sp³-hybridized carbons (Fsp3) is 0.368. The number of rotatable bonds is 9. The number of aliphatic hydroxyl groups excluding tert-OH is 2. The van der Waals surface area contributed by atoms with Gasteiger partial charge in [-0.1, -0.05) is 60.7 Å². The van der Waals surface area contributed by atoms with Gasteiger partial charge >= 0.3 is 0 Å². The molecule has 23 heavy (non-hydrogen) atoms.